The first-order valence-electron chi connectivity index (χ1n) is 12.9. The first kappa shape index (κ1) is 24.1. The predicted molar refractivity (Wildman–Crippen MR) is 139 cm³/mol. The number of piperazine rings is 2. The first-order chi connectivity index (χ1) is 17.1. The summed E-state index contributed by atoms with van der Waals surface area (Å²) >= 11 is 6.37. The molecule has 2 aliphatic heterocycles. The van der Waals surface area contributed by atoms with Crippen LogP contribution in [0.1, 0.15) is 37.8 Å². The highest BCUT2D eigenvalue weighted by molar-refractivity contribution is 6.33. The van der Waals surface area contributed by atoms with Crippen LogP contribution in [0.4, 0.5) is 11.6 Å². The van der Waals surface area contributed by atoms with Gasteiger partial charge in [0.05, 0.1) is 16.4 Å². The number of nitrogens with one attached hydrogen (secondary N) is 1. The average molecular weight is 499 g/mol. The molecule has 0 spiro atoms. The third-order valence-electron chi connectivity index (χ3n) is 7.58. The van der Waals surface area contributed by atoms with E-state index in [2.05, 4.69) is 25.8 Å². The highest BCUT2D eigenvalue weighted by Crippen LogP contribution is 2.27. The Morgan fingerprint density at radius 2 is 1.63 bits per heavy atom. The van der Waals surface area contributed by atoms with E-state index in [0.717, 1.165) is 55.4 Å². The monoisotopic (exact) mass is 498 g/mol. The second kappa shape index (κ2) is 11.0. The van der Waals surface area contributed by atoms with Crippen molar-refractivity contribution in [2.24, 2.45) is 5.92 Å². The van der Waals surface area contributed by atoms with E-state index in [0.29, 0.717) is 44.6 Å². The quantitative estimate of drug-likeness (QED) is 0.683. The van der Waals surface area contributed by atoms with E-state index in [1.807, 2.05) is 23.1 Å². The Morgan fingerprint density at radius 1 is 0.943 bits per heavy atom. The summed E-state index contributed by atoms with van der Waals surface area (Å²) in [4.78, 5) is 41.8. The molecule has 0 radical (unpaired) electrons. The average Bonchev–Trinajstić information content (AvgIpc) is 2.89. The number of carbonyl (C=O) groups excluding carboxylic acids is 1. The second-order valence-electron chi connectivity index (χ2n) is 9.92. The number of rotatable bonds is 5. The Balaban J connectivity index is 1.16. The number of anilines is 2. The third-order valence-corrected chi connectivity index (χ3v) is 7.90. The normalized spacial score (nSPS) is 20.3. The van der Waals surface area contributed by atoms with E-state index in [-0.39, 0.29) is 11.5 Å². The van der Waals surface area contributed by atoms with Crippen LogP contribution in [0.2, 0.25) is 5.02 Å². The van der Waals surface area contributed by atoms with Crippen LogP contribution in [0.5, 0.6) is 0 Å². The number of nitrogens with zero attached hydrogens (tertiary/aromatic N) is 5. The summed E-state index contributed by atoms with van der Waals surface area (Å²) in [6.45, 7) is 6.96. The molecule has 3 aliphatic rings. The molecule has 0 atom stereocenters. The lowest BCUT2D eigenvalue weighted by Crippen LogP contribution is -2.51. The number of H-pyrrole nitrogens is 1. The molecule has 5 rings (SSSR count). The molecule has 1 saturated carbocycles. The van der Waals surface area contributed by atoms with Crippen LogP contribution in [0.15, 0.2) is 35.1 Å². The van der Waals surface area contributed by atoms with Gasteiger partial charge in [0.25, 0.3) is 5.56 Å². The Labute approximate surface area is 211 Å². The van der Waals surface area contributed by atoms with Crippen molar-refractivity contribution in [1.29, 1.82) is 0 Å². The van der Waals surface area contributed by atoms with Gasteiger partial charge in [0.2, 0.25) is 11.9 Å². The fraction of sp³-hybridized carbons (Fsp3) is 0.577. The molecule has 9 heteroatoms. The minimum atomic E-state index is -0.125. The van der Waals surface area contributed by atoms with Crippen LogP contribution in [0, 0.1) is 5.92 Å². The fourth-order valence-corrected chi connectivity index (χ4v) is 5.81. The van der Waals surface area contributed by atoms with Gasteiger partial charge in [-0.05, 0) is 25.0 Å². The van der Waals surface area contributed by atoms with Gasteiger partial charge < -0.3 is 14.7 Å². The van der Waals surface area contributed by atoms with Gasteiger partial charge in [0.1, 0.15) is 0 Å². The number of hydrogen-bond donors (Lipinski definition) is 1. The number of halogens is 1. The maximum Gasteiger partial charge on any atom is 0.252 e. The molecule has 8 nitrogen and oxygen atoms in total. The first-order valence-corrected chi connectivity index (χ1v) is 13.3. The number of aromatic amines is 1. The second-order valence-corrected chi connectivity index (χ2v) is 10.3. The van der Waals surface area contributed by atoms with Crippen LogP contribution in [-0.4, -0.2) is 78.0 Å². The highest BCUT2D eigenvalue weighted by atomic mass is 35.5. The SMILES string of the molecule is O=C(C1CCCCC1)N1CCN(c2nc(CN3CCN(c4ccccc4Cl)CC3)cc(=O)[nH]2)CC1. The summed E-state index contributed by atoms with van der Waals surface area (Å²) in [5.41, 5.74) is 1.74. The van der Waals surface area contributed by atoms with Gasteiger partial charge in [0.15, 0.2) is 0 Å². The molecule has 0 bridgehead atoms. The number of hydrogen-bond acceptors (Lipinski definition) is 6. The minimum absolute atomic E-state index is 0.125. The lowest BCUT2D eigenvalue weighted by atomic mass is 9.88. The molecular formula is C26H35ClN6O2. The molecule has 3 heterocycles. The Bertz CT molecular complexity index is 1070. The van der Waals surface area contributed by atoms with Gasteiger partial charge in [-0.1, -0.05) is 43.0 Å². The van der Waals surface area contributed by atoms with Crippen LogP contribution < -0.4 is 15.4 Å². The molecule has 0 unspecified atom stereocenters. The van der Waals surface area contributed by atoms with E-state index in [4.69, 9.17) is 16.6 Å². The standard InChI is InChI=1S/C26H35ClN6O2/c27-22-8-4-5-9-23(22)31-12-10-30(11-13-31)19-21-18-24(34)29-26(28-21)33-16-14-32(15-17-33)25(35)20-6-2-1-3-7-20/h4-5,8-9,18,20H,1-3,6-7,10-17,19H2,(H,28,29,34). The highest BCUT2D eigenvalue weighted by Gasteiger charge is 2.29. The zero-order valence-electron chi connectivity index (χ0n) is 20.3. The number of amides is 1. The predicted octanol–water partition coefficient (Wildman–Crippen LogP) is 2.97. The molecule has 1 aromatic carbocycles. The minimum Gasteiger partial charge on any atom is -0.368 e. The summed E-state index contributed by atoms with van der Waals surface area (Å²) in [7, 11) is 0. The number of carbonyl (C=O) groups is 1. The molecule has 2 saturated heterocycles. The van der Waals surface area contributed by atoms with Crippen molar-refractivity contribution in [1.82, 2.24) is 19.8 Å². The molecule has 35 heavy (non-hydrogen) atoms. The summed E-state index contributed by atoms with van der Waals surface area (Å²) < 4.78 is 0. The summed E-state index contributed by atoms with van der Waals surface area (Å²) in [5, 5.41) is 0.780. The molecule has 1 aromatic heterocycles. The largest absolute Gasteiger partial charge is 0.368 e. The Kier molecular flexibility index (Phi) is 7.58. The zero-order chi connectivity index (χ0) is 24.2. The van der Waals surface area contributed by atoms with Crippen molar-refractivity contribution in [3.05, 3.63) is 51.4 Å². The summed E-state index contributed by atoms with van der Waals surface area (Å²) in [5.74, 6) is 1.14. The van der Waals surface area contributed by atoms with Crippen molar-refractivity contribution < 1.29 is 4.79 Å². The molecule has 1 N–H and O–H groups in total. The van der Waals surface area contributed by atoms with Crippen molar-refractivity contribution in [3.63, 3.8) is 0 Å². The van der Waals surface area contributed by atoms with Gasteiger partial charge in [-0.3, -0.25) is 19.5 Å². The molecule has 1 amide bonds. The van der Waals surface area contributed by atoms with Gasteiger partial charge in [-0.15, -0.1) is 0 Å². The maximum absolute atomic E-state index is 12.9. The number of benzene rings is 1. The smallest absolute Gasteiger partial charge is 0.252 e. The van der Waals surface area contributed by atoms with Gasteiger partial charge in [-0.2, -0.15) is 0 Å². The summed E-state index contributed by atoms with van der Waals surface area (Å²) in [6.07, 6.45) is 5.65. The fourth-order valence-electron chi connectivity index (χ4n) is 5.56. The zero-order valence-corrected chi connectivity index (χ0v) is 21.1. The Morgan fingerprint density at radius 3 is 2.34 bits per heavy atom. The maximum atomic E-state index is 12.9. The van der Waals surface area contributed by atoms with E-state index < -0.39 is 0 Å². The van der Waals surface area contributed by atoms with E-state index >= 15 is 0 Å². The van der Waals surface area contributed by atoms with E-state index in [9.17, 15) is 9.59 Å². The molecule has 188 valence electrons. The van der Waals surface area contributed by atoms with Crippen molar-refractivity contribution in [2.75, 3.05) is 62.2 Å². The number of aromatic nitrogens is 2. The van der Waals surface area contributed by atoms with Crippen LogP contribution >= 0.6 is 11.6 Å². The van der Waals surface area contributed by atoms with E-state index in [1.54, 1.807) is 6.07 Å². The summed E-state index contributed by atoms with van der Waals surface area (Å²) in [6, 6.07) is 9.56. The van der Waals surface area contributed by atoms with Gasteiger partial charge in [0, 0.05) is 70.9 Å². The van der Waals surface area contributed by atoms with Crippen LogP contribution in [-0.2, 0) is 11.3 Å². The van der Waals surface area contributed by atoms with Crippen LogP contribution in [0.25, 0.3) is 0 Å². The molecular weight excluding hydrogens is 464 g/mol. The van der Waals surface area contributed by atoms with Gasteiger partial charge >= 0.3 is 0 Å². The van der Waals surface area contributed by atoms with Crippen molar-refractivity contribution in [3.8, 4) is 0 Å². The lowest BCUT2D eigenvalue weighted by molar-refractivity contribution is -0.136. The lowest BCUT2D eigenvalue weighted by Gasteiger charge is -2.37. The third kappa shape index (κ3) is 5.81. The van der Waals surface area contributed by atoms with Crippen molar-refractivity contribution >= 4 is 29.1 Å². The topological polar surface area (TPSA) is 75.8 Å². The van der Waals surface area contributed by atoms with Gasteiger partial charge in [-0.25, -0.2) is 4.98 Å². The molecule has 1 aliphatic carbocycles. The van der Waals surface area contributed by atoms with Crippen molar-refractivity contribution in [2.45, 2.75) is 38.6 Å². The van der Waals surface area contributed by atoms with Crippen LogP contribution in [0.3, 0.4) is 0 Å². The molecule has 2 aromatic rings. The molecule has 3 fully saturated rings. The van der Waals surface area contributed by atoms with E-state index in [1.165, 1.54) is 19.3 Å². The Hall–Kier alpha value is -2.58. The number of para-hydroxylation sites is 1.